The van der Waals surface area contributed by atoms with Gasteiger partial charge in [0.15, 0.2) is 0 Å². The number of ether oxygens (including phenoxy) is 1. The first-order valence-electron chi connectivity index (χ1n) is 3.42. The zero-order valence-electron chi connectivity index (χ0n) is 7.35. The zero-order valence-corrected chi connectivity index (χ0v) is 7.35. The molecule has 0 saturated carbocycles. The average molecular weight is 193 g/mol. The highest BCUT2D eigenvalue weighted by atomic mass is 19.4. The Morgan fingerprint density at radius 2 is 2.00 bits per heavy atom. The molecule has 0 aliphatic heterocycles. The van der Waals surface area contributed by atoms with Crippen LogP contribution < -0.4 is 0 Å². The van der Waals surface area contributed by atoms with E-state index in [4.69, 9.17) is 0 Å². The van der Waals surface area contributed by atoms with E-state index in [9.17, 15) is 13.2 Å². The molecule has 0 amide bonds. The molecule has 0 unspecified atom stereocenters. The summed E-state index contributed by atoms with van der Waals surface area (Å²) in [5.74, 6) is 0.116. The van der Waals surface area contributed by atoms with Crippen molar-refractivity contribution in [2.24, 2.45) is 4.99 Å². The van der Waals surface area contributed by atoms with Gasteiger partial charge in [-0.25, -0.2) is 4.99 Å². The van der Waals surface area contributed by atoms with E-state index in [0.29, 0.717) is 6.21 Å². The standard InChI is InChI=1S/C8H10F3NO/c1-4-7(13-3)12-5-6(2)8(9,10)11/h4-5H,2H2,1,3H3/b7-4+,12-5?. The van der Waals surface area contributed by atoms with E-state index < -0.39 is 11.7 Å². The predicted octanol–water partition coefficient (Wildman–Crippen LogP) is 2.68. The highest BCUT2D eigenvalue weighted by Crippen LogP contribution is 2.22. The number of halogens is 3. The topological polar surface area (TPSA) is 21.6 Å². The Labute approximate surface area is 74.4 Å². The second-order valence-electron chi connectivity index (χ2n) is 2.11. The molecule has 74 valence electrons. The molecule has 0 spiro atoms. The van der Waals surface area contributed by atoms with Gasteiger partial charge in [0.05, 0.1) is 12.7 Å². The summed E-state index contributed by atoms with van der Waals surface area (Å²) in [5, 5.41) is 0. The maximum Gasteiger partial charge on any atom is 0.417 e. The minimum Gasteiger partial charge on any atom is -0.481 e. The fourth-order valence-electron chi connectivity index (χ4n) is 0.460. The average Bonchev–Trinajstić information content (AvgIpc) is 2.04. The Hall–Kier alpha value is -1.26. The van der Waals surface area contributed by atoms with Crippen molar-refractivity contribution in [1.82, 2.24) is 0 Å². The van der Waals surface area contributed by atoms with Crippen LogP contribution in [0, 0.1) is 0 Å². The third kappa shape index (κ3) is 4.35. The van der Waals surface area contributed by atoms with Crippen molar-refractivity contribution < 1.29 is 17.9 Å². The summed E-state index contributed by atoms with van der Waals surface area (Å²) < 4.78 is 40.2. The van der Waals surface area contributed by atoms with Crippen LogP contribution in [-0.2, 0) is 4.74 Å². The minimum atomic E-state index is -4.43. The summed E-state index contributed by atoms with van der Waals surface area (Å²) in [4.78, 5) is 3.42. The predicted molar refractivity (Wildman–Crippen MR) is 44.5 cm³/mol. The van der Waals surface area contributed by atoms with Crippen molar-refractivity contribution in [1.29, 1.82) is 0 Å². The van der Waals surface area contributed by atoms with E-state index in [1.54, 1.807) is 6.92 Å². The summed E-state index contributed by atoms with van der Waals surface area (Å²) in [6, 6.07) is 0. The van der Waals surface area contributed by atoms with Gasteiger partial charge in [-0.1, -0.05) is 6.58 Å². The molecule has 0 aromatic carbocycles. The molecule has 5 heteroatoms. The van der Waals surface area contributed by atoms with Crippen molar-refractivity contribution in [2.75, 3.05) is 7.11 Å². The minimum absolute atomic E-state index is 0.116. The third-order valence-corrected chi connectivity index (χ3v) is 1.17. The molecule has 0 radical (unpaired) electrons. The molecule has 0 rings (SSSR count). The number of aliphatic imine (C=N–C) groups is 1. The SMILES string of the molecule is C=C(C=N/C(=C\C)OC)C(F)(F)F. The van der Waals surface area contributed by atoms with Gasteiger partial charge in [0.1, 0.15) is 0 Å². The van der Waals surface area contributed by atoms with Gasteiger partial charge in [-0.3, -0.25) is 0 Å². The molecule has 0 fully saturated rings. The number of rotatable bonds is 3. The van der Waals surface area contributed by atoms with Crippen LogP contribution in [0.3, 0.4) is 0 Å². The van der Waals surface area contributed by atoms with Crippen LogP contribution in [0.1, 0.15) is 6.92 Å². The second kappa shape index (κ2) is 4.69. The maximum atomic E-state index is 11.9. The van der Waals surface area contributed by atoms with Crippen molar-refractivity contribution in [3.63, 3.8) is 0 Å². The van der Waals surface area contributed by atoms with E-state index in [0.717, 1.165) is 0 Å². The van der Waals surface area contributed by atoms with Gasteiger partial charge in [-0.15, -0.1) is 0 Å². The quantitative estimate of drug-likeness (QED) is 0.498. The fraction of sp³-hybridized carbons (Fsp3) is 0.375. The monoisotopic (exact) mass is 193 g/mol. The summed E-state index contributed by atoms with van der Waals surface area (Å²) in [6.45, 7) is 4.41. The first-order chi connectivity index (χ1) is 5.91. The molecular weight excluding hydrogens is 183 g/mol. The molecule has 0 saturated heterocycles. The molecular formula is C8H10F3NO. The lowest BCUT2D eigenvalue weighted by Gasteiger charge is -2.04. The van der Waals surface area contributed by atoms with Crippen LogP contribution in [0.5, 0.6) is 0 Å². The molecule has 13 heavy (non-hydrogen) atoms. The van der Waals surface area contributed by atoms with Crippen molar-refractivity contribution in [3.05, 3.63) is 24.1 Å². The number of hydrogen-bond acceptors (Lipinski definition) is 2. The van der Waals surface area contributed by atoms with Gasteiger partial charge >= 0.3 is 6.18 Å². The van der Waals surface area contributed by atoms with Crippen molar-refractivity contribution >= 4 is 6.21 Å². The Kier molecular flexibility index (Phi) is 4.23. The molecule has 0 aliphatic carbocycles. The Morgan fingerprint density at radius 3 is 2.31 bits per heavy atom. The van der Waals surface area contributed by atoms with E-state index in [2.05, 4.69) is 16.3 Å². The molecule has 0 heterocycles. The second-order valence-corrected chi connectivity index (χ2v) is 2.11. The Balaban J connectivity index is 4.37. The van der Waals surface area contributed by atoms with Gasteiger partial charge in [-0.05, 0) is 13.0 Å². The highest BCUT2D eigenvalue weighted by molar-refractivity contribution is 5.79. The lowest BCUT2D eigenvalue weighted by atomic mass is 10.3. The Bertz CT molecular complexity index is 240. The van der Waals surface area contributed by atoms with Crippen LogP contribution in [0.25, 0.3) is 0 Å². The summed E-state index contributed by atoms with van der Waals surface area (Å²) in [7, 11) is 1.32. The van der Waals surface area contributed by atoms with Crippen LogP contribution >= 0.6 is 0 Å². The Morgan fingerprint density at radius 1 is 1.46 bits per heavy atom. The van der Waals surface area contributed by atoms with E-state index in [-0.39, 0.29) is 5.88 Å². The zero-order chi connectivity index (χ0) is 10.5. The molecule has 0 aromatic heterocycles. The van der Waals surface area contributed by atoms with Crippen LogP contribution in [0.15, 0.2) is 29.1 Å². The highest BCUT2D eigenvalue weighted by Gasteiger charge is 2.30. The number of methoxy groups -OCH3 is 1. The number of alkyl halides is 3. The normalized spacial score (nSPS) is 13.5. The van der Waals surface area contributed by atoms with Gasteiger partial charge in [0.25, 0.3) is 0 Å². The van der Waals surface area contributed by atoms with Crippen molar-refractivity contribution in [3.8, 4) is 0 Å². The van der Waals surface area contributed by atoms with E-state index in [1.807, 2.05) is 0 Å². The molecule has 0 N–H and O–H groups in total. The van der Waals surface area contributed by atoms with Gasteiger partial charge in [-0.2, -0.15) is 13.2 Å². The van der Waals surface area contributed by atoms with Gasteiger partial charge < -0.3 is 4.74 Å². The third-order valence-electron chi connectivity index (χ3n) is 1.17. The first-order valence-corrected chi connectivity index (χ1v) is 3.42. The molecule has 0 aromatic rings. The largest absolute Gasteiger partial charge is 0.481 e. The van der Waals surface area contributed by atoms with E-state index in [1.165, 1.54) is 13.2 Å². The summed E-state index contributed by atoms with van der Waals surface area (Å²) in [5.41, 5.74) is -1.01. The first kappa shape index (κ1) is 11.7. The summed E-state index contributed by atoms with van der Waals surface area (Å²) in [6.07, 6.45) is -2.37. The van der Waals surface area contributed by atoms with E-state index >= 15 is 0 Å². The molecule has 0 aliphatic rings. The van der Waals surface area contributed by atoms with Gasteiger partial charge in [0.2, 0.25) is 5.88 Å². The van der Waals surface area contributed by atoms with Crippen LogP contribution in [0.2, 0.25) is 0 Å². The molecule has 0 bridgehead atoms. The van der Waals surface area contributed by atoms with Crippen LogP contribution in [0.4, 0.5) is 13.2 Å². The van der Waals surface area contributed by atoms with Crippen molar-refractivity contribution in [2.45, 2.75) is 13.1 Å². The molecule has 0 atom stereocenters. The van der Waals surface area contributed by atoms with Gasteiger partial charge in [0, 0.05) is 6.21 Å². The fourth-order valence-corrected chi connectivity index (χ4v) is 0.460. The lowest BCUT2D eigenvalue weighted by Crippen LogP contribution is -2.11. The smallest absolute Gasteiger partial charge is 0.417 e. The van der Waals surface area contributed by atoms with Crippen LogP contribution in [-0.4, -0.2) is 19.5 Å². The molecule has 2 nitrogen and oxygen atoms in total. The number of allylic oxidation sites excluding steroid dienone is 2. The lowest BCUT2D eigenvalue weighted by molar-refractivity contribution is -0.0852. The number of nitrogens with zero attached hydrogens (tertiary/aromatic N) is 1. The maximum absolute atomic E-state index is 11.9. The summed E-state index contributed by atoms with van der Waals surface area (Å²) >= 11 is 0. The number of hydrogen-bond donors (Lipinski definition) is 0.